The average molecular weight is 579 g/mol. The third-order valence-corrected chi connectivity index (χ3v) is 6.96. The van der Waals surface area contributed by atoms with Gasteiger partial charge in [0.1, 0.15) is 0 Å². The van der Waals surface area contributed by atoms with E-state index in [1.165, 1.54) is 4.31 Å². The van der Waals surface area contributed by atoms with Gasteiger partial charge in [0.25, 0.3) is 0 Å². The third-order valence-electron chi connectivity index (χ3n) is 4.77. The number of carbonyl (C=O) groups excluding carboxylic acids is 1. The molecular formula is C23H38N4O11S. The van der Waals surface area contributed by atoms with Crippen molar-refractivity contribution >= 4 is 45.5 Å². The zero-order valence-electron chi connectivity index (χ0n) is 22.8. The quantitative estimate of drug-likeness (QED) is 0.152. The minimum atomic E-state index is -3.57. The molecule has 0 fully saturated rings. The molecule has 0 bridgehead atoms. The Balaban J connectivity index is 0. The Kier molecular flexibility index (Phi) is 17.9. The molecule has 0 aromatic heterocycles. The van der Waals surface area contributed by atoms with E-state index < -0.39 is 33.9 Å². The molecule has 6 N–H and O–H groups in total. The van der Waals surface area contributed by atoms with Crippen LogP contribution in [0.15, 0.2) is 23.1 Å². The molecule has 0 saturated carbocycles. The summed E-state index contributed by atoms with van der Waals surface area (Å²) in [7, 11) is 0.448. The van der Waals surface area contributed by atoms with Gasteiger partial charge in [-0.2, -0.15) is 4.31 Å². The van der Waals surface area contributed by atoms with Crippen molar-refractivity contribution in [2.75, 3.05) is 45.6 Å². The van der Waals surface area contributed by atoms with Gasteiger partial charge in [-0.1, -0.05) is 19.9 Å². The summed E-state index contributed by atoms with van der Waals surface area (Å²) in [4.78, 5) is 51.1. The highest BCUT2D eigenvalue weighted by Gasteiger charge is 2.24. The Morgan fingerprint density at radius 2 is 1.36 bits per heavy atom. The van der Waals surface area contributed by atoms with Gasteiger partial charge in [-0.05, 0) is 65.1 Å². The largest absolute Gasteiger partial charge is 0.473 e. The van der Waals surface area contributed by atoms with Crippen LogP contribution >= 0.6 is 0 Å². The first kappa shape index (κ1) is 37.6. The lowest BCUT2D eigenvalue weighted by atomic mass is 10.2. The first-order chi connectivity index (χ1) is 17.9. The molecule has 1 unspecified atom stereocenters. The predicted molar refractivity (Wildman–Crippen MR) is 141 cm³/mol. The van der Waals surface area contributed by atoms with Crippen LogP contribution in [0.2, 0.25) is 0 Å². The molecule has 1 aromatic carbocycles. The molecule has 1 rings (SSSR count). The number of rotatable bonds is 11. The van der Waals surface area contributed by atoms with Gasteiger partial charge < -0.3 is 36.0 Å². The van der Waals surface area contributed by atoms with Crippen molar-refractivity contribution < 1.29 is 52.8 Å². The van der Waals surface area contributed by atoms with Crippen molar-refractivity contribution in [1.29, 1.82) is 0 Å². The summed E-state index contributed by atoms with van der Waals surface area (Å²) in [6.07, 6.45) is 0.946. The molecule has 1 atom stereocenters. The lowest BCUT2D eigenvalue weighted by Gasteiger charge is -2.21. The molecule has 222 valence electrons. The maximum absolute atomic E-state index is 12.8. The Bertz CT molecular complexity index is 1040. The number of nitrogens with zero attached hydrogens (tertiary/aromatic N) is 2. The predicted octanol–water partition coefficient (Wildman–Crippen LogP) is 0.205. The molecule has 0 aliphatic rings. The van der Waals surface area contributed by atoms with Crippen LogP contribution in [0.5, 0.6) is 0 Å². The van der Waals surface area contributed by atoms with Gasteiger partial charge in [0.15, 0.2) is 0 Å². The van der Waals surface area contributed by atoms with Crippen LogP contribution < -0.4 is 10.6 Å². The normalized spacial score (nSPS) is 11.4. The van der Waals surface area contributed by atoms with Crippen LogP contribution in [-0.2, 0) is 34.0 Å². The summed E-state index contributed by atoms with van der Waals surface area (Å²) < 4.78 is 27.0. The molecular weight excluding hydrogens is 540 g/mol. The summed E-state index contributed by atoms with van der Waals surface area (Å²) >= 11 is 0. The lowest BCUT2D eigenvalue weighted by molar-refractivity contribution is -0.159. The topological polar surface area (TPSA) is 231 Å². The molecule has 39 heavy (non-hydrogen) atoms. The average Bonchev–Trinajstić information content (AvgIpc) is 2.83. The summed E-state index contributed by atoms with van der Waals surface area (Å²) in [5, 5.41) is 35.6. The molecule has 1 aromatic rings. The second-order valence-corrected chi connectivity index (χ2v) is 10.0. The van der Waals surface area contributed by atoms with Gasteiger partial charge in [-0.15, -0.1) is 0 Å². The molecule has 0 spiro atoms. The number of carbonyl (C=O) groups is 5. The van der Waals surface area contributed by atoms with E-state index >= 15 is 0 Å². The van der Waals surface area contributed by atoms with E-state index in [9.17, 15) is 13.2 Å². The number of aryl methyl sites for hydroxylation is 1. The van der Waals surface area contributed by atoms with E-state index in [0.717, 1.165) is 19.5 Å². The van der Waals surface area contributed by atoms with Gasteiger partial charge in [-0.3, -0.25) is 4.79 Å². The zero-order valence-corrected chi connectivity index (χ0v) is 23.6. The fourth-order valence-corrected chi connectivity index (χ4v) is 4.42. The molecule has 0 saturated heterocycles. The summed E-state index contributed by atoms with van der Waals surface area (Å²) in [6, 6.07) is 4.63. The molecule has 0 aliphatic carbocycles. The SMILES string of the molecule is CCN(CC)S(=O)(=O)c1cc(NC(=O)C(C)NCCCN(C)C)ccc1C.O=C(O)C(=O)O.O=C(O)C(=O)O. The van der Waals surface area contributed by atoms with E-state index in [0.29, 0.717) is 24.3 Å². The molecule has 0 heterocycles. The Morgan fingerprint density at radius 1 is 0.897 bits per heavy atom. The third kappa shape index (κ3) is 15.4. The first-order valence-corrected chi connectivity index (χ1v) is 13.1. The highest BCUT2D eigenvalue weighted by molar-refractivity contribution is 7.89. The second kappa shape index (κ2) is 18.6. The van der Waals surface area contributed by atoms with Crippen molar-refractivity contribution in [1.82, 2.24) is 14.5 Å². The molecule has 15 nitrogen and oxygen atoms in total. The molecule has 16 heteroatoms. The van der Waals surface area contributed by atoms with Gasteiger partial charge in [-0.25, -0.2) is 27.6 Å². The first-order valence-electron chi connectivity index (χ1n) is 11.6. The number of benzene rings is 1. The number of hydrogen-bond acceptors (Lipinski definition) is 9. The highest BCUT2D eigenvalue weighted by Crippen LogP contribution is 2.23. The van der Waals surface area contributed by atoms with Gasteiger partial charge >= 0.3 is 23.9 Å². The van der Waals surface area contributed by atoms with Crippen molar-refractivity contribution in [2.24, 2.45) is 0 Å². The maximum Gasteiger partial charge on any atom is 0.414 e. The number of anilines is 1. The zero-order chi connectivity index (χ0) is 30.9. The molecule has 0 radical (unpaired) electrons. The Hall–Kier alpha value is -3.60. The van der Waals surface area contributed by atoms with E-state index in [1.807, 2.05) is 27.9 Å². The number of sulfonamides is 1. The standard InChI is InChI=1S/C19H34N4O3S.2C2H2O4/c1-7-23(8-2)27(25,26)18-14-17(11-10-15(18)3)21-19(24)16(4)20-12-9-13-22(5)6;2*3-1(4)2(5)6/h10-11,14,16,20H,7-9,12-13H2,1-6H3,(H,21,24);2*(H,3,4)(H,5,6). The van der Waals surface area contributed by atoms with Gasteiger partial charge in [0, 0.05) is 18.8 Å². The lowest BCUT2D eigenvalue weighted by Crippen LogP contribution is -2.39. The molecule has 1 amide bonds. The Morgan fingerprint density at radius 3 is 1.74 bits per heavy atom. The van der Waals surface area contributed by atoms with Crippen LogP contribution in [-0.4, -0.2) is 114 Å². The van der Waals surface area contributed by atoms with Crippen molar-refractivity contribution in [2.45, 2.75) is 45.1 Å². The highest BCUT2D eigenvalue weighted by atomic mass is 32.2. The number of carboxylic acid groups (broad SMARTS) is 4. The number of carboxylic acids is 4. The van der Waals surface area contributed by atoms with Crippen LogP contribution in [0, 0.1) is 6.92 Å². The Labute approximate surface area is 227 Å². The fourth-order valence-electron chi connectivity index (χ4n) is 2.72. The van der Waals surface area contributed by atoms with Crippen LogP contribution in [0.3, 0.4) is 0 Å². The van der Waals surface area contributed by atoms with Crippen molar-refractivity contribution in [3.05, 3.63) is 23.8 Å². The van der Waals surface area contributed by atoms with Gasteiger partial charge in [0.05, 0.1) is 10.9 Å². The van der Waals surface area contributed by atoms with Crippen molar-refractivity contribution in [3.63, 3.8) is 0 Å². The number of aliphatic carboxylic acids is 4. The van der Waals surface area contributed by atoms with Crippen LogP contribution in [0.4, 0.5) is 5.69 Å². The second-order valence-electron chi connectivity index (χ2n) is 8.11. The van der Waals surface area contributed by atoms with E-state index in [2.05, 4.69) is 15.5 Å². The minimum absolute atomic E-state index is 0.185. The van der Waals surface area contributed by atoms with E-state index in [-0.39, 0.29) is 16.8 Å². The van der Waals surface area contributed by atoms with E-state index in [4.69, 9.17) is 39.6 Å². The van der Waals surface area contributed by atoms with E-state index in [1.54, 1.807) is 32.0 Å². The summed E-state index contributed by atoms with van der Waals surface area (Å²) in [5.41, 5.74) is 1.15. The minimum Gasteiger partial charge on any atom is -0.473 e. The summed E-state index contributed by atoms with van der Waals surface area (Å²) in [5.74, 6) is -7.48. The monoisotopic (exact) mass is 578 g/mol. The fraction of sp³-hybridized carbons (Fsp3) is 0.522. The van der Waals surface area contributed by atoms with Crippen LogP contribution in [0.1, 0.15) is 32.8 Å². The summed E-state index contributed by atoms with van der Waals surface area (Å²) in [6.45, 7) is 9.68. The maximum atomic E-state index is 12.8. The van der Waals surface area contributed by atoms with Crippen molar-refractivity contribution in [3.8, 4) is 0 Å². The number of nitrogens with one attached hydrogen (secondary N) is 2. The smallest absolute Gasteiger partial charge is 0.414 e. The number of hydrogen-bond donors (Lipinski definition) is 6. The van der Waals surface area contributed by atoms with Crippen LogP contribution in [0.25, 0.3) is 0 Å². The van der Waals surface area contributed by atoms with Gasteiger partial charge in [0.2, 0.25) is 15.9 Å². The molecule has 0 aliphatic heterocycles. The number of amides is 1.